The lowest BCUT2D eigenvalue weighted by molar-refractivity contribution is 0.0733. The van der Waals surface area contributed by atoms with Gasteiger partial charge in [0.1, 0.15) is 0 Å². The standard InChI is InChI=1S/C17H15N3O2S/c21-16-12-6-2-1-5-11(12)15(18-19-16)17(22)20-9-3-7-13(20)14-8-4-10-23-14/h1-2,4-6,8,10,13H,3,7,9H2,(H,19,21)/t13-/m0/s1. The molecule has 1 N–H and O–H groups in total. The summed E-state index contributed by atoms with van der Waals surface area (Å²) in [6, 6.07) is 11.3. The van der Waals surface area contributed by atoms with Gasteiger partial charge in [-0.2, -0.15) is 5.10 Å². The monoisotopic (exact) mass is 325 g/mol. The highest BCUT2D eigenvalue weighted by Crippen LogP contribution is 2.35. The van der Waals surface area contributed by atoms with Gasteiger partial charge >= 0.3 is 0 Å². The largest absolute Gasteiger partial charge is 0.329 e. The molecule has 0 saturated carbocycles. The molecule has 1 amide bonds. The molecule has 1 saturated heterocycles. The molecule has 1 atom stereocenters. The van der Waals surface area contributed by atoms with Crippen molar-refractivity contribution in [2.75, 3.05) is 6.54 Å². The SMILES string of the molecule is O=C(c1n[nH]c(=O)c2ccccc12)N1CCC[C@H]1c1cccs1. The van der Waals surface area contributed by atoms with Crippen LogP contribution in [-0.2, 0) is 0 Å². The molecular weight excluding hydrogens is 310 g/mol. The maximum absolute atomic E-state index is 13.0. The zero-order valence-corrected chi connectivity index (χ0v) is 13.2. The van der Waals surface area contributed by atoms with Gasteiger partial charge in [-0.1, -0.05) is 24.3 Å². The number of amides is 1. The average molecular weight is 325 g/mol. The highest BCUT2D eigenvalue weighted by molar-refractivity contribution is 7.10. The van der Waals surface area contributed by atoms with E-state index in [1.807, 2.05) is 22.4 Å². The second-order valence-electron chi connectivity index (χ2n) is 5.62. The fourth-order valence-electron chi connectivity index (χ4n) is 3.20. The lowest BCUT2D eigenvalue weighted by Crippen LogP contribution is -2.32. The summed E-state index contributed by atoms with van der Waals surface area (Å²) in [5, 5.41) is 9.63. The third kappa shape index (κ3) is 2.35. The van der Waals surface area contributed by atoms with Crippen LogP contribution in [0.4, 0.5) is 0 Å². The van der Waals surface area contributed by atoms with E-state index in [2.05, 4.69) is 16.3 Å². The van der Waals surface area contributed by atoms with Crippen LogP contribution in [0.25, 0.3) is 10.8 Å². The predicted molar refractivity (Wildman–Crippen MR) is 89.7 cm³/mol. The van der Waals surface area contributed by atoms with Crippen LogP contribution in [0, 0.1) is 0 Å². The number of benzene rings is 1. The van der Waals surface area contributed by atoms with Crippen LogP contribution < -0.4 is 5.56 Å². The molecule has 23 heavy (non-hydrogen) atoms. The maximum Gasteiger partial charge on any atom is 0.275 e. The van der Waals surface area contributed by atoms with Crippen molar-refractivity contribution in [2.45, 2.75) is 18.9 Å². The van der Waals surface area contributed by atoms with Gasteiger partial charge in [-0.3, -0.25) is 9.59 Å². The summed E-state index contributed by atoms with van der Waals surface area (Å²) in [5.74, 6) is -0.117. The van der Waals surface area contributed by atoms with E-state index < -0.39 is 0 Å². The number of nitrogens with one attached hydrogen (secondary N) is 1. The number of likely N-dealkylation sites (tertiary alicyclic amines) is 1. The smallest absolute Gasteiger partial charge is 0.275 e. The van der Waals surface area contributed by atoms with Gasteiger partial charge in [-0.25, -0.2) is 5.10 Å². The third-order valence-electron chi connectivity index (χ3n) is 4.28. The van der Waals surface area contributed by atoms with Gasteiger partial charge in [0.25, 0.3) is 11.5 Å². The first-order valence-electron chi connectivity index (χ1n) is 7.57. The van der Waals surface area contributed by atoms with Crippen LogP contribution in [0.2, 0.25) is 0 Å². The second-order valence-corrected chi connectivity index (χ2v) is 6.60. The van der Waals surface area contributed by atoms with Gasteiger partial charge in [-0.05, 0) is 30.4 Å². The molecule has 1 aliphatic heterocycles. The van der Waals surface area contributed by atoms with E-state index in [0.29, 0.717) is 16.5 Å². The van der Waals surface area contributed by atoms with Gasteiger partial charge in [0, 0.05) is 16.8 Å². The summed E-state index contributed by atoms with van der Waals surface area (Å²) >= 11 is 1.67. The van der Waals surface area contributed by atoms with Crippen molar-refractivity contribution in [3.8, 4) is 0 Å². The molecule has 0 spiro atoms. The summed E-state index contributed by atoms with van der Waals surface area (Å²) < 4.78 is 0. The number of carbonyl (C=O) groups is 1. The molecule has 0 radical (unpaired) electrons. The molecule has 5 nitrogen and oxygen atoms in total. The number of aromatic amines is 1. The van der Waals surface area contributed by atoms with Crippen LogP contribution in [0.3, 0.4) is 0 Å². The maximum atomic E-state index is 13.0. The molecule has 6 heteroatoms. The quantitative estimate of drug-likeness (QED) is 0.788. The van der Waals surface area contributed by atoms with Crippen molar-refractivity contribution < 1.29 is 4.79 Å². The highest BCUT2D eigenvalue weighted by Gasteiger charge is 2.32. The van der Waals surface area contributed by atoms with E-state index >= 15 is 0 Å². The van der Waals surface area contributed by atoms with Crippen molar-refractivity contribution in [2.24, 2.45) is 0 Å². The van der Waals surface area contributed by atoms with Crippen LogP contribution in [0.15, 0.2) is 46.6 Å². The Hall–Kier alpha value is -2.47. The number of rotatable bonds is 2. The number of thiophene rings is 1. The number of hydrogen-bond acceptors (Lipinski definition) is 4. The van der Waals surface area contributed by atoms with E-state index in [1.54, 1.807) is 29.5 Å². The molecule has 3 aromatic rings. The van der Waals surface area contributed by atoms with E-state index in [-0.39, 0.29) is 17.5 Å². The minimum atomic E-state index is -0.270. The van der Waals surface area contributed by atoms with Crippen molar-refractivity contribution in [1.82, 2.24) is 15.1 Å². The third-order valence-corrected chi connectivity index (χ3v) is 5.26. The van der Waals surface area contributed by atoms with Gasteiger partial charge < -0.3 is 4.90 Å². The Bertz CT molecular complexity index is 917. The van der Waals surface area contributed by atoms with Gasteiger partial charge in [-0.15, -0.1) is 11.3 Å². The minimum absolute atomic E-state index is 0.106. The predicted octanol–water partition coefficient (Wildman–Crippen LogP) is 2.96. The molecule has 0 aliphatic carbocycles. The van der Waals surface area contributed by atoms with E-state index in [9.17, 15) is 9.59 Å². The average Bonchev–Trinajstić information content (AvgIpc) is 3.26. The molecule has 1 fully saturated rings. The van der Waals surface area contributed by atoms with Crippen LogP contribution >= 0.6 is 11.3 Å². The lowest BCUT2D eigenvalue weighted by atomic mass is 10.1. The van der Waals surface area contributed by atoms with Crippen molar-refractivity contribution in [3.05, 3.63) is 62.7 Å². The summed E-state index contributed by atoms with van der Waals surface area (Å²) in [6.45, 7) is 0.719. The summed E-state index contributed by atoms with van der Waals surface area (Å²) in [4.78, 5) is 28.0. The van der Waals surface area contributed by atoms with Gasteiger partial charge in [0.15, 0.2) is 5.69 Å². The van der Waals surface area contributed by atoms with Crippen molar-refractivity contribution in [1.29, 1.82) is 0 Å². The van der Waals surface area contributed by atoms with E-state index in [4.69, 9.17) is 0 Å². The number of hydrogen-bond donors (Lipinski definition) is 1. The molecule has 116 valence electrons. The molecule has 4 rings (SSSR count). The zero-order valence-electron chi connectivity index (χ0n) is 12.4. The highest BCUT2D eigenvalue weighted by atomic mass is 32.1. The number of H-pyrrole nitrogens is 1. The number of fused-ring (bicyclic) bond motifs is 1. The molecule has 0 bridgehead atoms. The van der Waals surface area contributed by atoms with Crippen molar-refractivity contribution >= 4 is 28.0 Å². The number of aromatic nitrogens is 2. The first-order valence-corrected chi connectivity index (χ1v) is 8.45. The lowest BCUT2D eigenvalue weighted by Gasteiger charge is -2.23. The Morgan fingerprint density at radius 1 is 1.22 bits per heavy atom. The first-order chi connectivity index (χ1) is 11.3. The Morgan fingerprint density at radius 3 is 2.83 bits per heavy atom. The number of nitrogens with zero attached hydrogens (tertiary/aromatic N) is 2. The van der Waals surface area contributed by atoms with Crippen LogP contribution in [-0.4, -0.2) is 27.5 Å². The van der Waals surface area contributed by atoms with Gasteiger partial charge in [0.05, 0.1) is 11.4 Å². The molecule has 0 unspecified atom stereocenters. The second kappa shape index (κ2) is 5.62. The zero-order chi connectivity index (χ0) is 15.8. The molecule has 2 aromatic heterocycles. The van der Waals surface area contributed by atoms with Crippen LogP contribution in [0.1, 0.15) is 34.2 Å². The van der Waals surface area contributed by atoms with Crippen molar-refractivity contribution in [3.63, 3.8) is 0 Å². The van der Waals surface area contributed by atoms with Gasteiger partial charge in [0.2, 0.25) is 0 Å². The molecular formula is C17H15N3O2S. The van der Waals surface area contributed by atoms with E-state index in [0.717, 1.165) is 19.4 Å². The fourth-order valence-corrected chi connectivity index (χ4v) is 4.07. The Kier molecular flexibility index (Phi) is 3.46. The normalized spacial score (nSPS) is 17.7. The molecule has 1 aliphatic rings. The first kappa shape index (κ1) is 14.1. The Balaban J connectivity index is 1.78. The minimum Gasteiger partial charge on any atom is -0.329 e. The summed E-state index contributed by atoms with van der Waals surface area (Å²) in [5.41, 5.74) is 0.0528. The Labute approximate surface area is 136 Å². The fraction of sp³-hybridized carbons (Fsp3) is 0.235. The summed E-state index contributed by atoms with van der Waals surface area (Å²) in [6.07, 6.45) is 1.95. The molecule has 3 heterocycles. The Morgan fingerprint density at radius 2 is 2.04 bits per heavy atom. The molecule has 1 aromatic carbocycles. The topological polar surface area (TPSA) is 66.1 Å². The van der Waals surface area contributed by atoms with E-state index in [1.165, 1.54) is 4.88 Å². The van der Waals surface area contributed by atoms with Crippen LogP contribution in [0.5, 0.6) is 0 Å². The summed E-state index contributed by atoms with van der Waals surface area (Å²) in [7, 11) is 0. The number of carbonyl (C=O) groups excluding carboxylic acids is 1.